The second kappa shape index (κ2) is 6.33. The highest BCUT2D eigenvalue weighted by atomic mass is 16.3. The minimum atomic E-state index is 0.688. The van der Waals surface area contributed by atoms with Gasteiger partial charge in [0.25, 0.3) is 0 Å². The summed E-state index contributed by atoms with van der Waals surface area (Å²) < 4.78 is 5.57. The Morgan fingerprint density at radius 3 is 2.84 bits per heavy atom. The van der Waals surface area contributed by atoms with Gasteiger partial charge in [0.05, 0.1) is 18.4 Å². The van der Waals surface area contributed by atoms with E-state index in [1.54, 1.807) is 12.4 Å². The highest BCUT2D eigenvalue weighted by Gasteiger charge is 2.07. The molecule has 5 heteroatoms. The Balaban J connectivity index is 2.03. The summed E-state index contributed by atoms with van der Waals surface area (Å²) >= 11 is 0. The normalized spacial score (nSPS) is 10.7. The lowest BCUT2D eigenvalue weighted by Crippen LogP contribution is -2.19. The molecule has 0 fully saturated rings. The number of anilines is 1. The minimum Gasteiger partial charge on any atom is -0.464 e. The van der Waals surface area contributed by atoms with Crippen LogP contribution in [0.4, 0.5) is 5.82 Å². The van der Waals surface area contributed by atoms with Crippen LogP contribution in [-0.4, -0.2) is 23.6 Å². The van der Waals surface area contributed by atoms with Crippen LogP contribution in [0.2, 0.25) is 0 Å². The van der Waals surface area contributed by atoms with E-state index >= 15 is 0 Å². The molecule has 2 rings (SSSR count). The van der Waals surface area contributed by atoms with Gasteiger partial charge in [-0.05, 0) is 25.6 Å². The first-order valence-corrected chi connectivity index (χ1v) is 6.47. The number of rotatable bonds is 6. The molecule has 0 atom stereocenters. The summed E-state index contributed by atoms with van der Waals surface area (Å²) in [6.07, 6.45) is 3.56. The number of hydrogen-bond acceptors (Lipinski definition) is 5. The van der Waals surface area contributed by atoms with Crippen LogP contribution in [0.3, 0.4) is 0 Å². The van der Waals surface area contributed by atoms with Crippen LogP contribution < -0.4 is 10.2 Å². The summed E-state index contributed by atoms with van der Waals surface area (Å²) in [4.78, 5) is 10.8. The van der Waals surface area contributed by atoms with E-state index in [1.165, 1.54) is 0 Å². The van der Waals surface area contributed by atoms with Gasteiger partial charge in [-0.3, -0.25) is 4.98 Å². The molecule has 0 unspecified atom stereocenters. The van der Waals surface area contributed by atoms with E-state index in [2.05, 4.69) is 22.2 Å². The minimum absolute atomic E-state index is 0.688. The third-order valence-electron chi connectivity index (χ3n) is 2.81. The average molecular weight is 260 g/mol. The lowest BCUT2D eigenvalue weighted by atomic mass is 10.4. The molecule has 2 heterocycles. The van der Waals surface area contributed by atoms with Crippen molar-refractivity contribution in [3.05, 3.63) is 41.7 Å². The van der Waals surface area contributed by atoms with Crippen molar-refractivity contribution >= 4 is 5.82 Å². The van der Waals surface area contributed by atoms with Gasteiger partial charge in [-0.15, -0.1) is 0 Å². The van der Waals surface area contributed by atoms with Gasteiger partial charge >= 0.3 is 0 Å². The lowest BCUT2D eigenvalue weighted by molar-refractivity contribution is 0.481. The molecule has 19 heavy (non-hydrogen) atoms. The summed E-state index contributed by atoms with van der Waals surface area (Å²) in [6, 6.07) is 3.96. The Morgan fingerprint density at radius 1 is 1.32 bits per heavy atom. The molecule has 5 nitrogen and oxygen atoms in total. The third-order valence-corrected chi connectivity index (χ3v) is 2.81. The van der Waals surface area contributed by atoms with Crippen molar-refractivity contribution in [3.8, 4) is 0 Å². The molecule has 0 saturated carbocycles. The van der Waals surface area contributed by atoms with Crippen LogP contribution in [0.15, 0.2) is 28.9 Å². The van der Waals surface area contributed by atoms with Gasteiger partial charge in [0.15, 0.2) is 0 Å². The van der Waals surface area contributed by atoms with Crippen molar-refractivity contribution in [3.63, 3.8) is 0 Å². The van der Waals surface area contributed by atoms with Crippen molar-refractivity contribution in [2.75, 3.05) is 18.5 Å². The predicted molar refractivity (Wildman–Crippen MR) is 75.0 cm³/mol. The molecule has 0 amide bonds. The maximum Gasteiger partial charge on any atom is 0.147 e. The molecule has 0 bridgehead atoms. The Labute approximate surface area is 113 Å². The summed E-state index contributed by atoms with van der Waals surface area (Å²) in [5.41, 5.74) is 0.946. The second-order valence-electron chi connectivity index (χ2n) is 4.52. The van der Waals surface area contributed by atoms with E-state index in [9.17, 15) is 0 Å². The molecule has 0 aliphatic carbocycles. The van der Waals surface area contributed by atoms with Crippen molar-refractivity contribution in [1.29, 1.82) is 0 Å². The zero-order valence-corrected chi connectivity index (χ0v) is 11.7. The number of aromatic nitrogens is 2. The second-order valence-corrected chi connectivity index (χ2v) is 4.52. The number of aryl methyl sites for hydroxylation is 1. The van der Waals surface area contributed by atoms with Gasteiger partial charge in [-0.25, -0.2) is 4.98 Å². The molecular formula is C14H20N4O. The first-order chi connectivity index (χ1) is 9.19. The van der Waals surface area contributed by atoms with E-state index in [-0.39, 0.29) is 0 Å². The van der Waals surface area contributed by atoms with E-state index in [0.717, 1.165) is 36.1 Å². The van der Waals surface area contributed by atoms with Crippen LogP contribution in [0.1, 0.15) is 24.1 Å². The first-order valence-electron chi connectivity index (χ1n) is 6.47. The van der Waals surface area contributed by atoms with Gasteiger partial charge in [0.2, 0.25) is 0 Å². The Bertz CT molecular complexity index is 524. The number of nitrogens with one attached hydrogen (secondary N) is 1. The van der Waals surface area contributed by atoms with E-state index in [1.807, 2.05) is 31.0 Å². The summed E-state index contributed by atoms with van der Waals surface area (Å²) in [6.45, 7) is 6.37. The highest BCUT2D eigenvalue weighted by molar-refractivity contribution is 5.35. The Hall–Kier alpha value is -1.88. The van der Waals surface area contributed by atoms with Gasteiger partial charge < -0.3 is 14.6 Å². The molecule has 0 aromatic carbocycles. The topological polar surface area (TPSA) is 54.2 Å². The highest BCUT2D eigenvalue weighted by Crippen LogP contribution is 2.14. The lowest BCUT2D eigenvalue weighted by Gasteiger charge is -2.17. The zero-order valence-electron chi connectivity index (χ0n) is 11.7. The summed E-state index contributed by atoms with van der Waals surface area (Å²) in [7, 11) is 1.99. The number of hydrogen-bond donors (Lipinski definition) is 1. The van der Waals surface area contributed by atoms with Crippen LogP contribution in [0.5, 0.6) is 0 Å². The number of furan rings is 1. The maximum absolute atomic E-state index is 5.57. The molecule has 0 aliphatic rings. The van der Waals surface area contributed by atoms with E-state index in [0.29, 0.717) is 6.54 Å². The Morgan fingerprint density at radius 2 is 2.16 bits per heavy atom. The SMILES string of the molecule is CCNCc1cncc(N(C)Cc2ccc(C)o2)n1. The predicted octanol–water partition coefficient (Wildman–Crippen LogP) is 2.12. The smallest absolute Gasteiger partial charge is 0.147 e. The van der Waals surface area contributed by atoms with Crippen LogP contribution in [0.25, 0.3) is 0 Å². The molecular weight excluding hydrogens is 240 g/mol. The van der Waals surface area contributed by atoms with Crippen LogP contribution >= 0.6 is 0 Å². The standard InChI is InChI=1S/C14H20N4O/c1-4-15-7-12-8-16-9-14(17-12)18(3)10-13-6-5-11(2)19-13/h5-6,8-9,15H,4,7,10H2,1-3H3. The van der Waals surface area contributed by atoms with Crippen molar-refractivity contribution in [2.24, 2.45) is 0 Å². The molecule has 0 aliphatic heterocycles. The van der Waals surface area contributed by atoms with E-state index in [4.69, 9.17) is 4.42 Å². The van der Waals surface area contributed by atoms with Gasteiger partial charge in [-0.1, -0.05) is 6.92 Å². The summed E-state index contributed by atoms with van der Waals surface area (Å²) in [5, 5.41) is 3.24. The van der Waals surface area contributed by atoms with Gasteiger partial charge in [0.1, 0.15) is 17.3 Å². The Kier molecular flexibility index (Phi) is 4.52. The molecule has 0 spiro atoms. The quantitative estimate of drug-likeness (QED) is 0.862. The first kappa shape index (κ1) is 13.5. The van der Waals surface area contributed by atoms with Gasteiger partial charge in [-0.2, -0.15) is 0 Å². The summed E-state index contributed by atoms with van der Waals surface area (Å²) in [5.74, 6) is 2.71. The molecule has 2 aromatic rings. The fraction of sp³-hybridized carbons (Fsp3) is 0.429. The fourth-order valence-corrected chi connectivity index (χ4v) is 1.80. The molecule has 1 N–H and O–H groups in total. The monoisotopic (exact) mass is 260 g/mol. The van der Waals surface area contributed by atoms with Crippen LogP contribution in [0, 0.1) is 6.92 Å². The van der Waals surface area contributed by atoms with Crippen molar-refractivity contribution in [1.82, 2.24) is 15.3 Å². The largest absolute Gasteiger partial charge is 0.464 e. The van der Waals surface area contributed by atoms with Crippen molar-refractivity contribution < 1.29 is 4.42 Å². The number of nitrogens with zero attached hydrogens (tertiary/aromatic N) is 3. The third kappa shape index (κ3) is 3.79. The fourth-order valence-electron chi connectivity index (χ4n) is 1.80. The average Bonchev–Trinajstić information content (AvgIpc) is 2.82. The van der Waals surface area contributed by atoms with E-state index < -0.39 is 0 Å². The molecule has 102 valence electrons. The zero-order chi connectivity index (χ0) is 13.7. The van der Waals surface area contributed by atoms with Gasteiger partial charge in [0, 0.05) is 19.8 Å². The maximum atomic E-state index is 5.57. The van der Waals surface area contributed by atoms with Crippen LogP contribution in [-0.2, 0) is 13.1 Å². The molecule has 0 radical (unpaired) electrons. The molecule has 2 aromatic heterocycles. The van der Waals surface area contributed by atoms with Crippen molar-refractivity contribution in [2.45, 2.75) is 26.9 Å². The molecule has 0 saturated heterocycles.